The van der Waals surface area contributed by atoms with Crippen molar-refractivity contribution < 1.29 is 24.2 Å². The number of carbonyl (C=O) groups is 2. The third-order valence-corrected chi connectivity index (χ3v) is 5.97. The number of para-hydroxylation sites is 1. The molecule has 0 atom stereocenters. The van der Waals surface area contributed by atoms with Crippen molar-refractivity contribution in [2.24, 2.45) is 0 Å². The Labute approximate surface area is 191 Å². The normalized spacial score (nSPS) is 15.3. The molecule has 2 amide bonds. The van der Waals surface area contributed by atoms with Gasteiger partial charge in [-0.25, -0.2) is 0 Å². The summed E-state index contributed by atoms with van der Waals surface area (Å²) in [7, 11) is 0. The van der Waals surface area contributed by atoms with Crippen LogP contribution in [0.15, 0.2) is 41.3 Å². The SMILES string of the molecule is CCOc1cc(/C=C2\SC(=O)N(CCOc3ccccc3Cl)C2=O)cc(I)c1O. The first kappa shape index (κ1) is 21.8. The number of phenols is 1. The number of thioether (sulfide) groups is 1. The molecular weight excluding hydrogens is 529 g/mol. The number of ether oxygens (including phenoxy) is 2. The average Bonchev–Trinajstić information content (AvgIpc) is 2.94. The summed E-state index contributed by atoms with van der Waals surface area (Å²) in [5.41, 5.74) is 0.661. The Balaban J connectivity index is 1.71. The number of rotatable bonds is 7. The lowest BCUT2D eigenvalue weighted by molar-refractivity contribution is -0.123. The van der Waals surface area contributed by atoms with Crippen LogP contribution in [-0.2, 0) is 4.79 Å². The van der Waals surface area contributed by atoms with Crippen molar-refractivity contribution >= 4 is 63.2 Å². The molecule has 2 aromatic rings. The molecule has 0 unspecified atom stereocenters. The van der Waals surface area contributed by atoms with Gasteiger partial charge >= 0.3 is 0 Å². The van der Waals surface area contributed by atoms with E-state index in [9.17, 15) is 14.7 Å². The number of halogens is 2. The lowest BCUT2D eigenvalue weighted by atomic mass is 10.2. The van der Waals surface area contributed by atoms with Gasteiger partial charge in [-0.3, -0.25) is 14.5 Å². The number of nitrogens with zero attached hydrogens (tertiary/aromatic N) is 1. The van der Waals surface area contributed by atoms with E-state index in [0.29, 0.717) is 37.2 Å². The van der Waals surface area contributed by atoms with Crippen LogP contribution in [0.3, 0.4) is 0 Å². The molecule has 9 heteroatoms. The van der Waals surface area contributed by atoms with E-state index in [1.165, 1.54) is 0 Å². The highest BCUT2D eigenvalue weighted by Crippen LogP contribution is 2.36. The predicted molar refractivity (Wildman–Crippen MR) is 122 cm³/mol. The Morgan fingerprint density at radius 2 is 1.97 bits per heavy atom. The first-order valence-corrected chi connectivity index (χ1v) is 11.0. The predicted octanol–water partition coefficient (Wildman–Crippen LogP) is 5.16. The number of amides is 2. The summed E-state index contributed by atoms with van der Waals surface area (Å²) >= 11 is 8.89. The zero-order valence-electron chi connectivity index (χ0n) is 15.4. The van der Waals surface area contributed by atoms with Gasteiger partial charge in [0.2, 0.25) is 0 Å². The first-order chi connectivity index (χ1) is 13.9. The Bertz CT molecular complexity index is 981. The van der Waals surface area contributed by atoms with Crippen molar-refractivity contribution in [3.63, 3.8) is 0 Å². The maximum Gasteiger partial charge on any atom is 0.293 e. The van der Waals surface area contributed by atoms with Gasteiger partial charge in [-0.2, -0.15) is 0 Å². The molecule has 1 saturated heterocycles. The highest BCUT2D eigenvalue weighted by atomic mass is 127. The van der Waals surface area contributed by atoms with Crippen LogP contribution >= 0.6 is 46.0 Å². The molecule has 0 bridgehead atoms. The number of aromatic hydroxyl groups is 1. The fraction of sp³-hybridized carbons (Fsp3) is 0.200. The molecule has 1 aliphatic heterocycles. The van der Waals surface area contributed by atoms with Gasteiger partial charge in [-0.15, -0.1) is 0 Å². The molecular formula is C20H17ClINO5S. The lowest BCUT2D eigenvalue weighted by Gasteiger charge is -2.13. The molecule has 29 heavy (non-hydrogen) atoms. The monoisotopic (exact) mass is 545 g/mol. The van der Waals surface area contributed by atoms with Crippen molar-refractivity contribution in [1.82, 2.24) is 4.90 Å². The third-order valence-electron chi connectivity index (χ3n) is 3.93. The van der Waals surface area contributed by atoms with E-state index in [2.05, 4.69) is 0 Å². The van der Waals surface area contributed by atoms with Gasteiger partial charge in [0.1, 0.15) is 12.4 Å². The molecule has 2 aromatic carbocycles. The van der Waals surface area contributed by atoms with Gasteiger partial charge in [0.15, 0.2) is 11.5 Å². The fourth-order valence-electron chi connectivity index (χ4n) is 2.60. The minimum atomic E-state index is -0.385. The van der Waals surface area contributed by atoms with Crippen LogP contribution in [-0.4, -0.2) is 40.9 Å². The number of hydrogen-bond donors (Lipinski definition) is 1. The Kier molecular flexibility index (Phi) is 7.31. The lowest BCUT2D eigenvalue weighted by Crippen LogP contribution is -2.32. The van der Waals surface area contributed by atoms with Gasteiger partial charge in [0.25, 0.3) is 11.1 Å². The van der Waals surface area contributed by atoms with Crippen molar-refractivity contribution in [2.45, 2.75) is 6.92 Å². The second-order valence-corrected chi connectivity index (χ2v) is 8.46. The molecule has 6 nitrogen and oxygen atoms in total. The number of imide groups is 1. The molecule has 1 heterocycles. The fourth-order valence-corrected chi connectivity index (χ4v) is 4.28. The number of benzene rings is 2. The highest BCUT2D eigenvalue weighted by molar-refractivity contribution is 14.1. The summed E-state index contributed by atoms with van der Waals surface area (Å²) in [6.07, 6.45) is 1.62. The second-order valence-electron chi connectivity index (χ2n) is 5.89. The van der Waals surface area contributed by atoms with Gasteiger partial charge in [-0.1, -0.05) is 23.7 Å². The largest absolute Gasteiger partial charge is 0.504 e. The molecule has 0 radical (unpaired) electrons. The highest BCUT2D eigenvalue weighted by Gasteiger charge is 2.34. The molecule has 0 saturated carbocycles. The summed E-state index contributed by atoms with van der Waals surface area (Å²) < 4.78 is 11.6. The summed E-state index contributed by atoms with van der Waals surface area (Å²) in [5, 5.41) is 10.2. The van der Waals surface area contributed by atoms with E-state index in [0.717, 1.165) is 16.7 Å². The van der Waals surface area contributed by atoms with Gasteiger partial charge in [0, 0.05) is 0 Å². The smallest absolute Gasteiger partial charge is 0.293 e. The molecule has 152 valence electrons. The second kappa shape index (κ2) is 9.73. The van der Waals surface area contributed by atoms with E-state index in [4.69, 9.17) is 21.1 Å². The van der Waals surface area contributed by atoms with Crippen molar-refractivity contribution in [3.05, 3.63) is 55.5 Å². The van der Waals surface area contributed by atoms with Crippen LogP contribution in [0.1, 0.15) is 12.5 Å². The van der Waals surface area contributed by atoms with E-state index in [-0.39, 0.29) is 30.0 Å². The molecule has 1 aliphatic rings. The van der Waals surface area contributed by atoms with E-state index in [1.54, 1.807) is 42.5 Å². The van der Waals surface area contributed by atoms with E-state index >= 15 is 0 Å². The van der Waals surface area contributed by atoms with Crippen LogP contribution in [0.5, 0.6) is 17.2 Å². The summed E-state index contributed by atoms with van der Waals surface area (Å²) in [5.74, 6) is 0.495. The quantitative estimate of drug-likeness (QED) is 0.382. The first-order valence-electron chi connectivity index (χ1n) is 8.68. The minimum absolute atomic E-state index is 0.0504. The van der Waals surface area contributed by atoms with Gasteiger partial charge < -0.3 is 14.6 Å². The standard InChI is InChI=1S/C20H17ClINO5S/c1-2-27-16-10-12(9-14(22)18(16)24)11-17-19(25)23(20(26)29-17)7-8-28-15-6-4-3-5-13(15)21/h3-6,9-11,24H,2,7-8H2,1H3/b17-11-. The van der Waals surface area contributed by atoms with E-state index in [1.807, 2.05) is 29.5 Å². The summed E-state index contributed by atoms with van der Waals surface area (Å²) in [6.45, 7) is 2.47. The number of carbonyl (C=O) groups excluding carboxylic acids is 2. The topological polar surface area (TPSA) is 76.1 Å². The Morgan fingerprint density at radius 1 is 1.21 bits per heavy atom. The molecule has 3 rings (SSSR count). The Hall–Kier alpha value is -1.91. The van der Waals surface area contributed by atoms with Crippen LogP contribution in [0.2, 0.25) is 5.02 Å². The zero-order chi connectivity index (χ0) is 21.0. The van der Waals surface area contributed by atoms with Crippen molar-refractivity contribution in [2.75, 3.05) is 19.8 Å². The van der Waals surface area contributed by atoms with Gasteiger partial charge in [-0.05, 0) is 77.2 Å². The summed E-state index contributed by atoms with van der Waals surface area (Å²) in [4.78, 5) is 26.4. The third kappa shape index (κ3) is 5.18. The van der Waals surface area contributed by atoms with Crippen molar-refractivity contribution in [3.8, 4) is 17.2 Å². The zero-order valence-corrected chi connectivity index (χ0v) is 19.1. The maximum absolute atomic E-state index is 12.6. The van der Waals surface area contributed by atoms with Crippen LogP contribution in [0.4, 0.5) is 4.79 Å². The maximum atomic E-state index is 12.6. The molecule has 1 fully saturated rings. The minimum Gasteiger partial charge on any atom is -0.504 e. The summed E-state index contributed by atoms with van der Waals surface area (Å²) in [6, 6.07) is 10.4. The average molecular weight is 546 g/mol. The van der Waals surface area contributed by atoms with Gasteiger partial charge in [0.05, 0.1) is 26.6 Å². The van der Waals surface area contributed by atoms with Crippen LogP contribution in [0.25, 0.3) is 6.08 Å². The Morgan fingerprint density at radius 3 is 2.69 bits per heavy atom. The number of hydrogen-bond acceptors (Lipinski definition) is 6. The van der Waals surface area contributed by atoms with Crippen LogP contribution in [0, 0.1) is 3.57 Å². The van der Waals surface area contributed by atoms with Crippen molar-refractivity contribution in [1.29, 1.82) is 0 Å². The molecule has 0 spiro atoms. The van der Waals surface area contributed by atoms with E-state index < -0.39 is 0 Å². The molecule has 0 aromatic heterocycles. The van der Waals surface area contributed by atoms with Crippen LogP contribution < -0.4 is 9.47 Å². The number of phenolic OH excluding ortho intramolecular Hbond substituents is 1. The molecule has 1 N–H and O–H groups in total. The molecule has 0 aliphatic carbocycles.